The molecule has 4 rings (SSSR count). The maximum atomic E-state index is 11.8. The van der Waals surface area contributed by atoms with Crippen LogP contribution in [0.4, 0.5) is 0 Å². The third-order valence-electron chi connectivity index (χ3n) is 6.87. The van der Waals surface area contributed by atoms with Crippen molar-refractivity contribution < 1.29 is 28.1 Å². The molecule has 0 saturated heterocycles. The van der Waals surface area contributed by atoms with E-state index in [0.29, 0.717) is 24.5 Å². The highest BCUT2D eigenvalue weighted by Crippen LogP contribution is 2.46. The zero-order valence-corrected chi connectivity index (χ0v) is 24.5. The second-order valence-corrected chi connectivity index (χ2v) is 11.4. The van der Waals surface area contributed by atoms with E-state index in [9.17, 15) is 9.59 Å². The first-order valence-corrected chi connectivity index (χ1v) is 14.8. The van der Waals surface area contributed by atoms with E-state index in [2.05, 4.69) is 42.2 Å². The first-order chi connectivity index (χ1) is 17.4. The smallest absolute Gasteiger partial charge is 0.377 e. The van der Waals surface area contributed by atoms with Gasteiger partial charge in [-0.2, -0.15) is 0 Å². The molecule has 0 aromatic carbocycles. The Morgan fingerprint density at radius 2 is 1.47 bits per heavy atom. The van der Waals surface area contributed by atoms with Crippen LogP contribution in [0.2, 0.25) is 0 Å². The Bertz CT molecular complexity index is 1010. The van der Waals surface area contributed by atoms with E-state index >= 15 is 0 Å². The van der Waals surface area contributed by atoms with E-state index in [4.69, 9.17) is 18.5 Å². The molecule has 0 aliphatic heterocycles. The predicted molar refractivity (Wildman–Crippen MR) is 142 cm³/mol. The lowest BCUT2D eigenvalue weighted by Crippen LogP contribution is -2.23. The van der Waals surface area contributed by atoms with Gasteiger partial charge < -0.3 is 18.5 Å². The first-order valence-electron chi connectivity index (χ1n) is 12.9. The highest BCUT2D eigenvalue weighted by Gasteiger charge is 2.38. The fraction of sp³-hybridized carbons (Fsp3) is 0.692. The van der Waals surface area contributed by atoms with E-state index in [1.165, 1.54) is 25.7 Å². The molecule has 8 nitrogen and oxygen atoms in total. The monoisotopic (exact) mass is 630 g/mol. The molecule has 2 aliphatic carbocycles. The zero-order valence-electron chi connectivity index (χ0n) is 21.4. The van der Waals surface area contributed by atoms with Crippen molar-refractivity contribution in [3.63, 3.8) is 0 Å². The van der Waals surface area contributed by atoms with Crippen molar-refractivity contribution >= 4 is 43.8 Å². The Kier molecular flexibility index (Phi) is 11.0. The molecule has 10 heteroatoms. The Morgan fingerprint density at radius 3 is 2.06 bits per heavy atom. The number of ether oxygens (including phenoxy) is 2. The molecular weight excluding hydrogens is 596 g/mol. The standard InChI is InChI=1S/C13H17Br2NO3.C13H19NO3/c1-2-18-12(17)10-9(8-14)11(16-19-10)13(15)6-4-3-5-7-13;1-3-16-13(15)12-9(2)11(14-17-12)10-7-5-4-6-8-10/h2-8H2,1H3;10H,3-8H2,1-2H3. The van der Waals surface area contributed by atoms with Crippen molar-refractivity contribution in [1.29, 1.82) is 0 Å². The lowest BCUT2D eigenvalue weighted by atomic mass is 9.85. The number of esters is 2. The number of hydrogen-bond acceptors (Lipinski definition) is 8. The van der Waals surface area contributed by atoms with Crippen LogP contribution in [0.1, 0.15) is 128 Å². The molecule has 2 aromatic rings. The Labute approximate surface area is 229 Å². The van der Waals surface area contributed by atoms with E-state index in [1.807, 2.05) is 6.92 Å². The van der Waals surface area contributed by atoms with Gasteiger partial charge in [0.05, 0.1) is 23.2 Å². The van der Waals surface area contributed by atoms with Gasteiger partial charge in [0, 0.05) is 22.4 Å². The lowest BCUT2D eigenvalue weighted by Gasteiger charge is -2.30. The average Bonchev–Trinajstić information content (AvgIpc) is 3.50. The number of alkyl halides is 2. The fourth-order valence-corrected chi connectivity index (χ4v) is 6.38. The van der Waals surface area contributed by atoms with Gasteiger partial charge in [0.25, 0.3) is 0 Å². The number of hydrogen-bond donors (Lipinski definition) is 0. The van der Waals surface area contributed by atoms with Crippen molar-refractivity contribution in [3.8, 4) is 0 Å². The molecule has 0 amide bonds. The van der Waals surface area contributed by atoms with Gasteiger partial charge in [-0.25, -0.2) is 9.59 Å². The molecule has 36 heavy (non-hydrogen) atoms. The maximum absolute atomic E-state index is 11.8. The first kappa shape index (κ1) is 28.9. The topological polar surface area (TPSA) is 105 Å². The number of carbonyl (C=O) groups is 2. The number of halogens is 2. The van der Waals surface area contributed by atoms with Crippen molar-refractivity contribution in [3.05, 3.63) is 34.0 Å². The van der Waals surface area contributed by atoms with Crippen molar-refractivity contribution in [2.24, 2.45) is 0 Å². The second kappa shape index (κ2) is 13.7. The largest absolute Gasteiger partial charge is 0.460 e. The van der Waals surface area contributed by atoms with Gasteiger partial charge >= 0.3 is 11.9 Å². The van der Waals surface area contributed by atoms with Gasteiger partial charge in [0.2, 0.25) is 11.5 Å². The van der Waals surface area contributed by atoms with Gasteiger partial charge in [-0.05, 0) is 46.5 Å². The molecule has 0 bridgehead atoms. The van der Waals surface area contributed by atoms with Crippen LogP contribution in [-0.4, -0.2) is 35.5 Å². The minimum atomic E-state index is -0.442. The van der Waals surface area contributed by atoms with Crippen LogP contribution >= 0.6 is 31.9 Å². The van der Waals surface area contributed by atoms with E-state index in [1.54, 1.807) is 13.8 Å². The Balaban J connectivity index is 0.000000202. The fourth-order valence-electron chi connectivity index (χ4n) is 4.98. The quantitative estimate of drug-likeness (QED) is 0.228. The molecule has 200 valence electrons. The summed E-state index contributed by atoms with van der Waals surface area (Å²) < 4.78 is 20.1. The second-order valence-electron chi connectivity index (χ2n) is 9.30. The lowest BCUT2D eigenvalue weighted by molar-refractivity contribution is 0.0469. The third kappa shape index (κ3) is 6.79. The van der Waals surface area contributed by atoms with Crippen LogP contribution in [-0.2, 0) is 19.1 Å². The maximum Gasteiger partial charge on any atom is 0.377 e. The van der Waals surface area contributed by atoms with Gasteiger partial charge in [0.1, 0.15) is 5.69 Å². The highest BCUT2D eigenvalue weighted by atomic mass is 79.9. The van der Waals surface area contributed by atoms with Gasteiger partial charge in [-0.3, -0.25) is 0 Å². The summed E-state index contributed by atoms with van der Waals surface area (Å²) in [5.41, 5.74) is 3.45. The number of aromatic nitrogens is 2. The normalized spacial score (nSPS) is 17.7. The SMILES string of the molecule is CCOC(=O)c1onc(C2(Br)CCCCC2)c1CBr.CCOC(=O)c1onc(C2CCCCC2)c1C. The summed E-state index contributed by atoms with van der Waals surface area (Å²) in [6.07, 6.45) is 11.7. The number of carbonyl (C=O) groups excluding carboxylic acids is 2. The van der Waals surface area contributed by atoms with Crippen molar-refractivity contribution in [1.82, 2.24) is 10.3 Å². The molecule has 2 saturated carbocycles. The van der Waals surface area contributed by atoms with E-state index in [-0.39, 0.29) is 15.8 Å². The van der Waals surface area contributed by atoms with Gasteiger partial charge in [0.15, 0.2) is 0 Å². The van der Waals surface area contributed by atoms with Crippen LogP contribution in [0.3, 0.4) is 0 Å². The zero-order chi connectivity index (χ0) is 26.1. The van der Waals surface area contributed by atoms with Crippen LogP contribution in [0, 0.1) is 6.92 Å². The molecule has 2 aliphatic rings. The molecular formula is C26H36Br2N2O6. The van der Waals surface area contributed by atoms with Crippen molar-refractivity contribution in [2.45, 2.75) is 101 Å². The highest BCUT2D eigenvalue weighted by molar-refractivity contribution is 9.09. The summed E-state index contributed by atoms with van der Waals surface area (Å²) in [6, 6.07) is 0. The van der Waals surface area contributed by atoms with Crippen LogP contribution in [0.5, 0.6) is 0 Å². The molecule has 0 unspecified atom stereocenters. The summed E-state index contributed by atoms with van der Waals surface area (Å²) >= 11 is 7.22. The number of rotatable bonds is 7. The summed E-state index contributed by atoms with van der Waals surface area (Å²) in [5, 5.41) is 8.73. The predicted octanol–water partition coefficient (Wildman–Crippen LogP) is 7.51. The third-order valence-corrected chi connectivity index (χ3v) is 8.60. The summed E-state index contributed by atoms with van der Waals surface area (Å²) in [5.74, 6) is 0.100. The molecule has 2 aromatic heterocycles. The van der Waals surface area contributed by atoms with Crippen molar-refractivity contribution in [2.75, 3.05) is 13.2 Å². The molecule has 0 N–H and O–H groups in total. The van der Waals surface area contributed by atoms with Gasteiger partial charge in [-0.1, -0.05) is 80.7 Å². The minimum Gasteiger partial charge on any atom is -0.460 e. The molecule has 0 atom stereocenters. The summed E-state index contributed by atoms with van der Waals surface area (Å²) in [6.45, 7) is 6.14. The Morgan fingerprint density at radius 1 is 0.917 bits per heavy atom. The van der Waals surface area contributed by atoms with Crippen LogP contribution in [0.25, 0.3) is 0 Å². The molecule has 2 fully saturated rings. The minimum absolute atomic E-state index is 0.164. The molecule has 2 heterocycles. The van der Waals surface area contributed by atoms with Crippen LogP contribution < -0.4 is 0 Å². The van der Waals surface area contributed by atoms with E-state index in [0.717, 1.165) is 61.0 Å². The van der Waals surface area contributed by atoms with Crippen LogP contribution in [0.15, 0.2) is 9.05 Å². The van der Waals surface area contributed by atoms with E-state index < -0.39 is 11.9 Å². The molecule has 0 spiro atoms. The Hall–Kier alpha value is -1.68. The summed E-state index contributed by atoms with van der Waals surface area (Å²) in [7, 11) is 0. The van der Waals surface area contributed by atoms with Gasteiger partial charge in [-0.15, -0.1) is 0 Å². The number of nitrogens with zero attached hydrogens (tertiary/aromatic N) is 2. The average molecular weight is 632 g/mol. The molecule has 0 radical (unpaired) electrons. The summed E-state index contributed by atoms with van der Waals surface area (Å²) in [4.78, 5) is 23.4.